The van der Waals surface area contributed by atoms with Crippen molar-refractivity contribution in [2.75, 3.05) is 18.8 Å². The van der Waals surface area contributed by atoms with E-state index in [1.54, 1.807) is 10.9 Å². The summed E-state index contributed by atoms with van der Waals surface area (Å²) < 4.78 is 7.49. The maximum absolute atomic E-state index is 12.6. The maximum atomic E-state index is 12.6. The molecule has 3 aromatic rings. The smallest absolute Gasteiger partial charge is 0.233 e. The fraction of sp³-hybridized carbons (Fsp3) is 0.368. The first-order chi connectivity index (χ1) is 13.1. The minimum Gasteiger partial charge on any atom is -0.372 e. The normalized spacial score (nSPS) is 20.1. The highest BCUT2D eigenvalue weighted by molar-refractivity contribution is 8.00. The van der Waals surface area contributed by atoms with E-state index in [1.807, 2.05) is 49.1 Å². The molecule has 0 aliphatic carbocycles. The molecule has 1 saturated heterocycles. The van der Waals surface area contributed by atoms with Gasteiger partial charge in [-0.1, -0.05) is 30.0 Å². The topological polar surface area (TPSA) is 73.1 Å². The van der Waals surface area contributed by atoms with Crippen molar-refractivity contribution in [2.24, 2.45) is 0 Å². The van der Waals surface area contributed by atoms with Gasteiger partial charge in [0.1, 0.15) is 11.4 Å². The van der Waals surface area contributed by atoms with Crippen molar-refractivity contribution in [1.29, 1.82) is 0 Å². The van der Waals surface area contributed by atoms with Gasteiger partial charge in [-0.15, -0.1) is 0 Å². The molecule has 1 aromatic carbocycles. The number of amides is 1. The van der Waals surface area contributed by atoms with Crippen LogP contribution in [-0.4, -0.2) is 61.6 Å². The lowest BCUT2D eigenvalue weighted by atomic mass is 10.2. The lowest BCUT2D eigenvalue weighted by Gasteiger charge is -2.35. The second kappa shape index (κ2) is 7.66. The van der Waals surface area contributed by atoms with Crippen molar-refractivity contribution in [3.63, 3.8) is 0 Å². The van der Waals surface area contributed by atoms with Crippen molar-refractivity contribution in [2.45, 2.75) is 31.1 Å². The molecular weight excluding hydrogens is 362 g/mol. The van der Waals surface area contributed by atoms with Gasteiger partial charge in [0.25, 0.3) is 0 Å². The molecule has 0 bridgehead atoms. The molecule has 0 spiro atoms. The van der Waals surface area contributed by atoms with E-state index in [4.69, 9.17) is 4.74 Å². The fourth-order valence-electron chi connectivity index (χ4n) is 3.30. The van der Waals surface area contributed by atoms with E-state index < -0.39 is 0 Å². The third-order valence-electron chi connectivity index (χ3n) is 4.43. The van der Waals surface area contributed by atoms with Gasteiger partial charge in [0.15, 0.2) is 5.65 Å². The Morgan fingerprint density at radius 1 is 1.19 bits per heavy atom. The first-order valence-electron chi connectivity index (χ1n) is 8.92. The standard InChI is InChI=1S/C19H21N5O2S/c1-13-9-23(10-14(2)26-13)17(25)11-27-19-16-8-22-24(18(16)20-12-21-19)15-6-4-3-5-7-15/h3-8,12-14H,9-11H2,1-2H3/t13-,14-/m0/s1. The van der Waals surface area contributed by atoms with Crippen LogP contribution in [0, 0.1) is 0 Å². The fourth-order valence-corrected chi connectivity index (χ4v) is 4.16. The molecule has 2 aromatic heterocycles. The molecule has 8 heteroatoms. The van der Waals surface area contributed by atoms with Gasteiger partial charge in [-0.25, -0.2) is 14.6 Å². The zero-order valence-electron chi connectivity index (χ0n) is 15.3. The predicted molar refractivity (Wildman–Crippen MR) is 104 cm³/mol. The van der Waals surface area contributed by atoms with E-state index in [-0.39, 0.29) is 18.1 Å². The van der Waals surface area contributed by atoms with Crippen molar-refractivity contribution in [3.8, 4) is 5.69 Å². The quantitative estimate of drug-likeness (QED) is 0.509. The summed E-state index contributed by atoms with van der Waals surface area (Å²) in [5.74, 6) is 0.437. The van der Waals surface area contributed by atoms with Crippen LogP contribution in [0.1, 0.15) is 13.8 Å². The number of fused-ring (bicyclic) bond motifs is 1. The number of hydrogen-bond acceptors (Lipinski definition) is 6. The Bertz CT molecular complexity index is 936. The van der Waals surface area contributed by atoms with Gasteiger partial charge in [0, 0.05) is 13.1 Å². The van der Waals surface area contributed by atoms with E-state index in [1.165, 1.54) is 18.1 Å². The summed E-state index contributed by atoms with van der Waals surface area (Å²) >= 11 is 1.43. The number of ether oxygens (including phenoxy) is 1. The lowest BCUT2D eigenvalue weighted by Crippen LogP contribution is -2.48. The van der Waals surface area contributed by atoms with Crippen molar-refractivity contribution in [1.82, 2.24) is 24.6 Å². The molecule has 1 aliphatic heterocycles. The summed E-state index contributed by atoms with van der Waals surface area (Å²) in [4.78, 5) is 23.2. The number of hydrogen-bond donors (Lipinski definition) is 0. The number of carbonyl (C=O) groups is 1. The molecule has 3 heterocycles. The average molecular weight is 383 g/mol. The Hall–Kier alpha value is -2.45. The zero-order chi connectivity index (χ0) is 18.8. The highest BCUT2D eigenvalue weighted by atomic mass is 32.2. The summed E-state index contributed by atoms with van der Waals surface area (Å²) in [6.45, 7) is 5.26. The minimum atomic E-state index is 0.0672. The third-order valence-corrected chi connectivity index (χ3v) is 5.42. The monoisotopic (exact) mass is 383 g/mol. The van der Waals surface area contributed by atoms with E-state index in [0.29, 0.717) is 18.8 Å². The summed E-state index contributed by atoms with van der Waals surface area (Å²) in [6.07, 6.45) is 3.42. The van der Waals surface area contributed by atoms with Crippen LogP contribution in [0.5, 0.6) is 0 Å². The van der Waals surface area contributed by atoms with Gasteiger partial charge in [-0.3, -0.25) is 4.79 Å². The van der Waals surface area contributed by atoms with Gasteiger partial charge >= 0.3 is 0 Å². The molecule has 1 fully saturated rings. The second-order valence-corrected chi connectivity index (χ2v) is 7.62. The molecule has 1 amide bonds. The average Bonchev–Trinajstić information content (AvgIpc) is 3.10. The molecule has 7 nitrogen and oxygen atoms in total. The number of benzene rings is 1. The molecule has 140 valence electrons. The van der Waals surface area contributed by atoms with Crippen molar-refractivity contribution >= 4 is 28.7 Å². The number of nitrogens with zero attached hydrogens (tertiary/aromatic N) is 5. The Labute approximate surface area is 161 Å². The van der Waals surface area contributed by atoms with E-state index in [9.17, 15) is 4.79 Å². The molecular formula is C19H21N5O2S. The largest absolute Gasteiger partial charge is 0.372 e. The number of rotatable bonds is 4. The molecule has 0 radical (unpaired) electrons. The van der Waals surface area contributed by atoms with E-state index in [2.05, 4.69) is 15.1 Å². The van der Waals surface area contributed by atoms with Crippen LogP contribution in [0.3, 0.4) is 0 Å². The third kappa shape index (κ3) is 3.81. The Morgan fingerprint density at radius 2 is 1.93 bits per heavy atom. The van der Waals surface area contributed by atoms with Crippen LogP contribution < -0.4 is 0 Å². The number of thioether (sulfide) groups is 1. The zero-order valence-corrected chi connectivity index (χ0v) is 16.1. The molecule has 4 rings (SSSR count). The molecule has 27 heavy (non-hydrogen) atoms. The lowest BCUT2D eigenvalue weighted by molar-refractivity contribution is -0.140. The SMILES string of the molecule is C[C@H]1CN(C(=O)CSc2ncnc3c2cnn3-c2ccccc2)C[C@H](C)O1. The maximum Gasteiger partial charge on any atom is 0.233 e. The number of aromatic nitrogens is 4. The molecule has 0 unspecified atom stereocenters. The molecule has 2 atom stereocenters. The number of carbonyl (C=O) groups excluding carboxylic acids is 1. The van der Waals surface area contributed by atoms with Crippen LogP contribution in [0.2, 0.25) is 0 Å². The van der Waals surface area contributed by atoms with Gasteiger partial charge in [0.05, 0.1) is 35.2 Å². The predicted octanol–water partition coefficient (Wildman–Crippen LogP) is 2.54. The second-order valence-electron chi connectivity index (χ2n) is 6.65. The summed E-state index contributed by atoms with van der Waals surface area (Å²) in [5.41, 5.74) is 1.68. The summed E-state index contributed by atoms with van der Waals surface area (Å²) in [6, 6.07) is 9.84. The Balaban J connectivity index is 1.51. The first-order valence-corrected chi connectivity index (χ1v) is 9.90. The van der Waals surface area contributed by atoms with E-state index in [0.717, 1.165) is 21.7 Å². The minimum absolute atomic E-state index is 0.0672. The summed E-state index contributed by atoms with van der Waals surface area (Å²) in [5, 5.41) is 6.07. The highest BCUT2D eigenvalue weighted by Crippen LogP contribution is 2.26. The van der Waals surface area contributed by atoms with Crippen LogP contribution in [0.15, 0.2) is 47.9 Å². The molecule has 1 aliphatic rings. The summed E-state index contributed by atoms with van der Waals surface area (Å²) in [7, 11) is 0. The first kappa shape index (κ1) is 17.9. The van der Waals surface area contributed by atoms with Crippen LogP contribution >= 0.6 is 11.8 Å². The Morgan fingerprint density at radius 3 is 2.67 bits per heavy atom. The van der Waals surface area contributed by atoms with Crippen LogP contribution in [0.4, 0.5) is 0 Å². The van der Waals surface area contributed by atoms with E-state index >= 15 is 0 Å². The van der Waals surface area contributed by atoms with Gasteiger partial charge in [-0.05, 0) is 26.0 Å². The highest BCUT2D eigenvalue weighted by Gasteiger charge is 2.26. The molecule has 0 N–H and O–H groups in total. The van der Waals surface area contributed by atoms with Crippen LogP contribution in [0.25, 0.3) is 16.7 Å². The molecule has 0 saturated carbocycles. The van der Waals surface area contributed by atoms with Gasteiger partial charge < -0.3 is 9.64 Å². The van der Waals surface area contributed by atoms with Gasteiger partial charge in [-0.2, -0.15) is 5.10 Å². The van der Waals surface area contributed by atoms with Crippen molar-refractivity contribution in [3.05, 3.63) is 42.9 Å². The van der Waals surface area contributed by atoms with Crippen molar-refractivity contribution < 1.29 is 9.53 Å². The number of para-hydroxylation sites is 1. The van der Waals surface area contributed by atoms with Crippen LogP contribution in [-0.2, 0) is 9.53 Å². The number of morpholine rings is 1. The van der Waals surface area contributed by atoms with Gasteiger partial charge in [0.2, 0.25) is 5.91 Å². The Kier molecular flexibility index (Phi) is 5.09.